The maximum absolute atomic E-state index is 12.5. The fraction of sp³-hybridized carbons (Fsp3) is 0.500. The molecule has 2 rings (SSSR count). The van der Waals surface area contributed by atoms with Crippen molar-refractivity contribution < 1.29 is 9.32 Å². The van der Waals surface area contributed by atoms with Crippen LogP contribution in [0.5, 0.6) is 0 Å². The third kappa shape index (κ3) is 4.81. The van der Waals surface area contributed by atoms with Crippen LogP contribution in [-0.2, 0) is 0 Å². The van der Waals surface area contributed by atoms with Gasteiger partial charge in [-0.15, -0.1) is 11.3 Å². The molecule has 1 atom stereocenters. The second-order valence-corrected chi connectivity index (χ2v) is 8.06. The lowest BCUT2D eigenvalue weighted by Crippen LogP contribution is -2.33. The summed E-state index contributed by atoms with van der Waals surface area (Å²) in [6.07, 6.45) is 5.70. The summed E-state index contributed by atoms with van der Waals surface area (Å²) in [7, 11) is 0. The Balaban J connectivity index is 2.03. The largest absolute Gasteiger partial charge is 0.367 e. The van der Waals surface area contributed by atoms with E-state index in [1.165, 1.54) is 30.6 Å². The van der Waals surface area contributed by atoms with Gasteiger partial charge in [-0.05, 0) is 41.4 Å². The van der Waals surface area contributed by atoms with E-state index in [9.17, 15) is 4.79 Å². The van der Waals surface area contributed by atoms with Gasteiger partial charge in [-0.3, -0.25) is 4.79 Å². The van der Waals surface area contributed by atoms with Crippen molar-refractivity contribution in [2.24, 2.45) is 0 Å². The topological polar surface area (TPSA) is 81.2 Å². The molecule has 1 amide bonds. The number of carbonyl (C=O) groups excluding carboxylic acids is 1. The van der Waals surface area contributed by atoms with Gasteiger partial charge in [0.05, 0.1) is 8.66 Å². The number of amides is 1. The molecule has 0 bridgehead atoms. The standard InChI is InChI=1S/C16H22BrN3O2S/c1-3-4-5-6-7-10(2)19-16(21)13-14(20-22-15(13)18)11-8-9-12(17)23-11/h8-10H,3-7,18H2,1-2H3,(H,19,21). The van der Waals surface area contributed by atoms with E-state index >= 15 is 0 Å². The number of rotatable bonds is 8. The highest BCUT2D eigenvalue weighted by molar-refractivity contribution is 9.11. The maximum atomic E-state index is 12.5. The molecule has 3 N–H and O–H groups in total. The Morgan fingerprint density at radius 3 is 2.87 bits per heavy atom. The summed E-state index contributed by atoms with van der Waals surface area (Å²) in [6.45, 7) is 4.19. The molecule has 0 radical (unpaired) electrons. The number of aromatic nitrogens is 1. The predicted octanol–water partition coefficient (Wildman–Crippen LogP) is 4.84. The van der Waals surface area contributed by atoms with Gasteiger partial charge >= 0.3 is 0 Å². The summed E-state index contributed by atoms with van der Waals surface area (Å²) in [4.78, 5) is 13.4. The molecule has 23 heavy (non-hydrogen) atoms. The molecule has 0 aromatic carbocycles. The van der Waals surface area contributed by atoms with E-state index in [1.807, 2.05) is 19.1 Å². The van der Waals surface area contributed by atoms with Crippen LogP contribution in [-0.4, -0.2) is 17.1 Å². The zero-order chi connectivity index (χ0) is 16.8. The second kappa shape index (κ2) is 8.49. The minimum atomic E-state index is -0.230. The van der Waals surface area contributed by atoms with Crippen molar-refractivity contribution in [3.8, 4) is 10.6 Å². The second-order valence-electron chi connectivity index (χ2n) is 5.60. The van der Waals surface area contributed by atoms with Crippen LogP contribution >= 0.6 is 27.3 Å². The molecule has 0 fully saturated rings. The predicted molar refractivity (Wildman–Crippen MR) is 97.6 cm³/mol. The van der Waals surface area contributed by atoms with E-state index < -0.39 is 0 Å². The van der Waals surface area contributed by atoms with E-state index in [-0.39, 0.29) is 17.8 Å². The van der Waals surface area contributed by atoms with Crippen molar-refractivity contribution in [1.29, 1.82) is 0 Å². The number of unbranched alkanes of at least 4 members (excludes halogenated alkanes) is 3. The van der Waals surface area contributed by atoms with Gasteiger partial charge < -0.3 is 15.6 Å². The van der Waals surface area contributed by atoms with E-state index in [0.29, 0.717) is 11.3 Å². The highest BCUT2D eigenvalue weighted by Crippen LogP contribution is 2.34. The van der Waals surface area contributed by atoms with Gasteiger partial charge in [-0.1, -0.05) is 37.8 Å². The summed E-state index contributed by atoms with van der Waals surface area (Å²) in [5.41, 5.74) is 6.62. The fourth-order valence-corrected chi connectivity index (χ4v) is 3.75. The first kappa shape index (κ1) is 18.0. The number of halogens is 1. The molecule has 2 heterocycles. The Kier molecular flexibility index (Phi) is 6.65. The van der Waals surface area contributed by atoms with Crippen LogP contribution in [0, 0.1) is 0 Å². The Hall–Kier alpha value is -1.34. The number of nitrogens with zero attached hydrogens (tertiary/aromatic N) is 1. The van der Waals surface area contributed by atoms with Gasteiger partial charge in [0, 0.05) is 6.04 Å². The highest BCUT2D eigenvalue weighted by Gasteiger charge is 2.24. The van der Waals surface area contributed by atoms with Crippen LogP contribution in [0.2, 0.25) is 0 Å². The third-order valence-electron chi connectivity index (χ3n) is 3.62. The Morgan fingerprint density at radius 1 is 1.43 bits per heavy atom. The maximum Gasteiger partial charge on any atom is 0.259 e. The van der Waals surface area contributed by atoms with Gasteiger partial charge in [0.1, 0.15) is 11.3 Å². The molecular weight excluding hydrogens is 378 g/mol. The van der Waals surface area contributed by atoms with Gasteiger partial charge in [0.15, 0.2) is 0 Å². The van der Waals surface area contributed by atoms with E-state index in [1.54, 1.807) is 0 Å². The lowest BCUT2D eigenvalue weighted by atomic mass is 10.1. The lowest BCUT2D eigenvalue weighted by Gasteiger charge is -2.13. The third-order valence-corrected chi connectivity index (χ3v) is 5.25. The summed E-state index contributed by atoms with van der Waals surface area (Å²) >= 11 is 4.89. The van der Waals surface area contributed by atoms with Crippen molar-refractivity contribution in [3.05, 3.63) is 21.5 Å². The highest BCUT2D eigenvalue weighted by atomic mass is 79.9. The van der Waals surface area contributed by atoms with E-state index in [0.717, 1.165) is 21.5 Å². The molecule has 0 saturated heterocycles. The summed E-state index contributed by atoms with van der Waals surface area (Å²) in [5.74, 6) is -0.175. The summed E-state index contributed by atoms with van der Waals surface area (Å²) in [6, 6.07) is 3.89. The minimum Gasteiger partial charge on any atom is -0.367 e. The molecule has 0 aliphatic rings. The summed E-state index contributed by atoms with van der Waals surface area (Å²) < 4.78 is 6.00. The molecular formula is C16H22BrN3O2S. The number of nitrogens with two attached hydrogens (primary N) is 1. The number of anilines is 1. The van der Waals surface area contributed by atoms with E-state index in [4.69, 9.17) is 10.3 Å². The molecule has 1 unspecified atom stereocenters. The Labute approximate surface area is 148 Å². The SMILES string of the molecule is CCCCCCC(C)NC(=O)c1c(-c2ccc(Br)s2)noc1N. The van der Waals surface area contributed by atoms with Crippen LogP contribution in [0.15, 0.2) is 20.4 Å². The molecule has 126 valence electrons. The van der Waals surface area contributed by atoms with Crippen molar-refractivity contribution in [3.63, 3.8) is 0 Å². The van der Waals surface area contributed by atoms with Crippen LogP contribution in [0.3, 0.4) is 0 Å². The first-order chi connectivity index (χ1) is 11.0. The quantitative estimate of drug-likeness (QED) is 0.622. The molecule has 5 nitrogen and oxygen atoms in total. The van der Waals surface area contributed by atoms with Crippen LogP contribution in [0.4, 0.5) is 5.88 Å². The number of hydrogen-bond acceptors (Lipinski definition) is 5. The molecule has 7 heteroatoms. The normalized spacial score (nSPS) is 12.3. The smallest absolute Gasteiger partial charge is 0.259 e. The summed E-state index contributed by atoms with van der Waals surface area (Å²) in [5, 5.41) is 6.93. The molecule has 0 saturated carbocycles. The molecule has 0 spiro atoms. The van der Waals surface area contributed by atoms with Crippen molar-refractivity contribution >= 4 is 39.1 Å². The minimum absolute atomic E-state index is 0.0557. The van der Waals surface area contributed by atoms with Crippen LogP contribution in [0.25, 0.3) is 10.6 Å². The van der Waals surface area contributed by atoms with Gasteiger partial charge in [0.25, 0.3) is 5.91 Å². The van der Waals surface area contributed by atoms with Crippen LogP contribution in [0.1, 0.15) is 56.3 Å². The number of hydrogen-bond donors (Lipinski definition) is 2. The zero-order valence-electron chi connectivity index (χ0n) is 13.4. The molecule has 0 aliphatic carbocycles. The number of carbonyl (C=O) groups is 1. The average Bonchev–Trinajstić information content (AvgIpc) is 3.09. The van der Waals surface area contributed by atoms with Crippen molar-refractivity contribution in [2.75, 3.05) is 5.73 Å². The molecule has 2 aromatic rings. The zero-order valence-corrected chi connectivity index (χ0v) is 15.8. The Bertz CT molecular complexity index is 654. The monoisotopic (exact) mass is 399 g/mol. The van der Waals surface area contributed by atoms with Gasteiger partial charge in [-0.2, -0.15) is 0 Å². The first-order valence-electron chi connectivity index (χ1n) is 7.84. The number of nitrogens with one attached hydrogen (secondary N) is 1. The van der Waals surface area contributed by atoms with Crippen molar-refractivity contribution in [1.82, 2.24) is 10.5 Å². The van der Waals surface area contributed by atoms with Gasteiger partial charge in [0.2, 0.25) is 5.88 Å². The molecule has 2 aromatic heterocycles. The fourth-order valence-electron chi connectivity index (χ4n) is 2.38. The van der Waals surface area contributed by atoms with Crippen LogP contribution < -0.4 is 11.1 Å². The molecule has 0 aliphatic heterocycles. The lowest BCUT2D eigenvalue weighted by molar-refractivity contribution is 0.0939. The Morgan fingerprint density at radius 2 is 2.22 bits per heavy atom. The van der Waals surface area contributed by atoms with E-state index in [2.05, 4.69) is 33.3 Å². The average molecular weight is 400 g/mol. The van der Waals surface area contributed by atoms with Crippen molar-refractivity contribution in [2.45, 2.75) is 52.0 Å². The van der Waals surface area contributed by atoms with Gasteiger partial charge in [-0.25, -0.2) is 0 Å². The first-order valence-corrected chi connectivity index (χ1v) is 9.45. The number of thiophene rings is 1. The number of nitrogen functional groups attached to an aromatic ring is 1.